The second kappa shape index (κ2) is 5.43. The third-order valence-corrected chi connectivity index (χ3v) is 2.83. The Hall–Kier alpha value is -1.19. The summed E-state index contributed by atoms with van der Waals surface area (Å²) in [7, 11) is 1.87. The van der Waals surface area contributed by atoms with Crippen molar-refractivity contribution in [3.63, 3.8) is 0 Å². The van der Waals surface area contributed by atoms with E-state index in [4.69, 9.17) is 27.9 Å². The molecule has 0 unspecified atom stereocenters. The first-order chi connectivity index (χ1) is 8.19. The van der Waals surface area contributed by atoms with Gasteiger partial charge in [0.05, 0.1) is 11.6 Å². The summed E-state index contributed by atoms with van der Waals surface area (Å²) < 4.78 is 7.40. The van der Waals surface area contributed by atoms with E-state index in [1.165, 1.54) is 0 Å². The molecule has 2 rings (SSSR count). The number of aryl methyl sites for hydroxylation is 1. The molecular weight excluding hydrogens is 259 g/mol. The molecule has 17 heavy (non-hydrogen) atoms. The Morgan fingerprint density at radius 2 is 2.18 bits per heavy atom. The molecule has 0 aliphatic heterocycles. The SMILES string of the molecule is Cn1ccc(COc2ccc(Cl)cc2CCl)n1. The smallest absolute Gasteiger partial charge is 0.132 e. The average molecular weight is 271 g/mol. The van der Waals surface area contributed by atoms with Crippen molar-refractivity contribution in [2.45, 2.75) is 12.5 Å². The maximum absolute atomic E-state index is 5.89. The highest BCUT2D eigenvalue weighted by atomic mass is 35.5. The largest absolute Gasteiger partial charge is 0.487 e. The van der Waals surface area contributed by atoms with Gasteiger partial charge < -0.3 is 4.74 Å². The van der Waals surface area contributed by atoms with Crippen molar-refractivity contribution in [2.75, 3.05) is 0 Å². The lowest BCUT2D eigenvalue weighted by Gasteiger charge is -2.08. The van der Waals surface area contributed by atoms with E-state index in [0.717, 1.165) is 17.0 Å². The van der Waals surface area contributed by atoms with Gasteiger partial charge in [0.2, 0.25) is 0 Å². The summed E-state index contributed by atoms with van der Waals surface area (Å²) in [5.41, 5.74) is 1.76. The molecule has 2 aromatic rings. The normalized spacial score (nSPS) is 10.5. The molecule has 5 heteroatoms. The Morgan fingerprint density at radius 1 is 1.35 bits per heavy atom. The van der Waals surface area contributed by atoms with E-state index in [2.05, 4.69) is 5.10 Å². The van der Waals surface area contributed by atoms with E-state index in [1.807, 2.05) is 31.4 Å². The summed E-state index contributed by atoms with van der Waals surface area (Å²) in [5, 5.41) is 4.89. The second-order valence-corrected chi connectivity index (χ2v) is 4.36. The van der Waals surface area contributed by atoms with Crippen molar-refractivity contribution in [1.82, 2.24) is 9.78 Å². The van der Waals surface area contributed by atoms with E-state index < -0.39 is 0 Å². The number of hydrogen-bond donors (Lipinski definition) is 0. The molecule has 90 valence electrons. The Balaban J connectivity index is 2.08. The summed E-state index contributed by atoms with van der Waals surface area (Å²) in [4.78, 5) is 0. The average Bonchev–Trinajstić information content (AvgIpc) is 2.73. The molecule has 1 aromatic carbocycles. The Kier molecular flexibility index (Phi) is 3.92. The monoisotopic (exact) mass is 270 g/mol. The van der Waals surface area contributed by atoms with Crippen molar-refractivity contribution in [1.29, 1.82) is 0 Å². The van der Waals surface area contributed by atoms with Gasteiger partial charge in [0.25, 0.3) is 0 Å². The van der Waals surface area contributed by atoms with Crippen LogP contribution in [0.5, 0.6) is 5.75 Å². The molecule has 0 amide bonds. The van der Waals surface area contributed by atoms with Crippen molar-refractivity contribution >= 4 is 23.2 Å². The van der Waals surface area contributed by atoms with Crippen LogP contribution in [0, 0.1) is 0 Å². The highest BCUT2D eigenvalue weighted by Gasteiger charge is 2.05. The number of alkyl halides is 1. The molecule has 0 saturated heterocycles. The Labute approximate surface area is 110 Å². The molecule has 0 bridgehead atoms. The van der Waals surface area contributed by atoms with Crippen LogP contribution in [0.3, 0.4) is 0 Å². The first kappa shape index (κ1) is 12.3. The number of benzene rings is 1. The Morgan fingerprint density at radius 3 is 2.82 bits per heavy atom. The maximum atomic E-state index is 5.89. The summed E-state index contributed by atoms with van der Waals surface area (Å²) in [6.07, 6.45) is 1.88. The predicted molar refractivity (Wildman–Crippen MR) is 68.5 cm³/mol. The molecule has 0 fully saturated rings. The fourth-order valence-corrected chi connectivity index (χ4v) is 1.89. The van der Waals surface area contributed by atoms with Crippen LogP contribution < -0.4 is 4.74 Å². The number of halogens is 2. The van der Waals surface area contributed by atoms with Crippen LogP contribution in [0.25, 0.3) is 0 Å². The lowest BCUT2D eigenvalue weighted by molar-refractivity contribution is 0.297. The van der Waals surface area contributed by atoms with E-state index in [0.29, 0.717) is 17.5 Å². The van der Waals surface area contributed by atoms with Gasteiger partial charge in [-0.3, -0.25) is 4.68 Å². The maximum Gasteiger partial charge on any atom is 0.132 e. The minimum atomic E-state index is 0.373. The molecule has 1 heterocycles. The van der Waals surface area contributed by atoms with Gasteiger partial charge in [0.15, 0.2) is 0 Å². The highest BCUT2D eigenvalue weighted by Crippen LogP contribution is 2.25. The molecule has 1 aromatic heterocycles. The lowest BCUT2D eigenvalue weighted by atomic mass is 10.2. The van der Waals surface area contributed by atoms with Crippen molar-refractivity contribution in [3.8, 4) is 5.75 Å². The van der Waals surface area contributed by atoms with Gasteiger partial charge in [0.1, 0.15) is 12.4 Å². The lowest BCUT2D eigenvalue weighted by Crippen LogP contribution is -1.99. The van der Waals surface area contributed by atoms with Crippen molar-refractivity contribution in [2.24, 2.45) is 7.05 Å². The number of rotatable bonds is 4. The quantitative estimate of drug-likeness (QED) is 0.797. The zero-order chi connectivity index (χ0) is 12.3. The first-order valence-corrected chi connectivity index (χ1v) is 6.06. The molecule has 0 saturated carbocycles. The van der Waals surface area contributed by atoms with E-state index in [-0.39, 0.29) is 0 Å². The third-order valence-electron chi connectivity index (χ3n) is 2.31. The zero-order valence-electron chi connectivity index (χ0n) is 9.36. The minimum absolute atomic E-state index is 0.373. The standard InChI is InChI=1S/C12H12Cl2N2O/c1-16-5-4-11(15-16)8-17-12-3-2-10(14)6-9(12)7-13/h2-6H,7-8H2,1H3. The number of hydrogen-bond acceptors (Lipinski definition) is 2. The van der Waals surface area contributed by atoms with E-state index in [1.54, 1.807) is 10.7 Å². The third kappa shape index (κ3) is 3.14. The topological polar surface area (TPSA) is 27.1 Å². The predicted octanol–water partition coefficient (Wildman–Crippen LogP) is 3.39. The highest BCUT2D eigenvalue weighted by molar-refractivity contribution is 6.30. The Bertz CT molecular complexity index is 511. The molecule has 0 spiro atoms. The minimum Gasteiger partial charge on any atom is -0.487 e. The van der Waals surface area contributed by atoms with Crippen LogP contribution in [0.2, 0.25) is 5.02 Å². The summed E-state index contributed by atoms with van der Waals surface area (Å²) in [5.74, 6) is 1.12. The molecule has 0 radical (unpaired) electrons. The summed E-state index contributed by atoms with van der Waals surface area (Å²) in [6.45, 7) is 0.423. The molecule has 0 aliphatic rings. The molecular formula is C12H12Cl2N2O. The van der Waals surface area contributed by atoms with Crippen LogP contribution >= 0.6 is 23.2 Å². The zero-order valence-corrected chi connectivity index (χ0v) is 10.9. The van der Waals surface area contributed by atoms with Gasteiger partial charge in [0, 0.05) is 23.8 Å². The van der Waals surface area contributed by atoms with Crippen molar-refractivity contribution < 1.29 is 4.74 Å². The van der Waals surface area contributed by atoms with E-state index >= 15 is 0 Å². The van der Waals surface area contributed by atoms with Gasteiger partial charge in [-0.15, -0.1) is 11.6 Å². The van der Waals surface area contributed by atoms with Gasteiger partial charge in [-0.05, 0) is 24.3 Å². The van der Waals surface area contributed by atoms with Gasteiger partial charge in [-0.25, -0.2) is 0 Å². The van der Waals surface area contributed by atoms with Crippen LogP contribution in [0.4, 0.5) is 0 Å². The summed E-state index contributed by atoms with van der Waals surface area (Å²) >= 11 is 11.7. The van der Waals surface area contributed by atoms with Crippen LogP contribution in [0.1, 0.15) is 11.3 Å². The van der Waals surface area contributed by atoms with Gasteiger partial charge in [-0.2, -0.15) is 5.10 Å². The van der Waals surface area contributed by atoms with Crippen LogP contribution in [0.15, 0.2) is 30.5 Å². The molecule has 0 N–H and O–H groups in total. The number of ether oxygens (including phenoxy) is 1. The number of aromatic nitrogens is 2. The van der Waals surface area contributed by atoms with E-state index in [9.17, 15) is 0 Å². The molecule has 3 nitrogen and oxygen atoms in total. The number of nitrogens with zero attached hydrogens (tertiary/aromatic N) is 2. The first-order valence-electron chi connectivity index (χ1n) is 5.15. The van der Waals surface area contributed by atoms with Crippen molar-refractivity contribution in [3.05, 3.63) is 46.7 Å². The van der Waals surface area contributed by atoms with Gasteiger partial charge >= 0.3 is 0 Å². The van der Waals surface area contributed by atoms with Crippen LogP contribution in [-0.4, -0.2) is 9.78 Å². The molecule has 0 aliphatic carbocycles. The second-order valence-electron chi connectivity index (χ2n) is 3.66. The fraction of sp³-hybridized carbons (Fsp3) is 0.250. The van der Waals surface area contributed by atoms with Gasteiger partial charge in [-0.1, -0.05) is 11.6 Å². The fourth-order valence-electron chi connectivity index (χ4n) is 1.49. The molecule has 0 atom stereocenters. The van der Waals surface area contributed by atoms with Crippen LogP contribution in [-0.2, 0) is 19.5 Å². The summed E-state index contributed by atoms with van der Waals surface area (Å²) in [6, 6.07) is 7.33.